The van der Waals surface area contributed by atoms with E-state index in [0.717, 1.165) is 5.69 Å². The van der Waals surface area contributed by atoms with Crippen LogP contribution >= 0.6 is 0 Å². The van der Waals surface area contributed by atoms with Crippen molar-refractivity contribution in [2.45, 2.75) is 6.92 Å². The van der Waals surface area contributed by atoms with Crippen LogP contribution in [0.2, 0.25) is 0 Å². The van der Waals surface area contributed by atoms with Crippen LogP contribution in [0.4, 0.5) is 5.69 Å². The molecule has 0 aliphatic rings. The number of aromatic nitrogens is 1. The van der Waals surface area contributed by atoms with Gasteiger partial charge in [0.15, 0.2) is 12.4 Å². The number of pyridine rings is 1. The number of benzene rings is 1. The van der Waals surface area contributed by atoms with Gasteiger partial charge >= 0.3 is 5.97 Å². The molecule has 1 aromatic carbocycles. The summed E-state index contributed by atoms with van der Waals surface area (Å²) in [4.78, 5) is 27.2. The average molecular weight is 393 g/mol. The molecular weight excluding hydrogens is 370 g/mol. The van der Waals surface area contributed by atoms with Gasteiger partial charge in [-0.25, -0.2) is 4.79 Å². The van der Waals surface area contributed by atoms with E-state index in [0.29, 0.717) is 11.3 Å². The number of Topliss-reactive ketones (excluding diaryl/α,β-unsaturated/α-hetero) is 1. The maximum absolute atomic E-state index is 13.2. The van der Waals surface area contributed by atoms with E-state index in [-0.39, 0.29) is 23.7 Å². The Balaban J connectivity index is 2.54. The largest absolute Gasteiger partial charge is 0.763 e. The number of nitrogens with zero attached hydrogens (tertiary/aromatic N) is 3. The molecule has 2 rings (SSSR count). The molecule has 1 heterocycles. The fraction of sp³-hybridized carbons (Fsp3) is 0.227. The molecule has 0 aliphatic heterocycles. The molecule has 2 aromatic rings. The van der Waals surface area contributed by atoms with E-state index < -0.39 is 5.97 Å². The molecule has 150 valence electrons. The van der Waals surface area contributed by atoms with E-state index in [4.69, 9.17) is 9.47 Å². The highest BCUT2D eigenvalue weighted by Crippen LogP contribution is 2.17. The SMILES string of the molecule is CCOC(=O)C(=C=[N-])/C=C(/C(=O)c1ccc(OC)cc1)[n+]1ccc(N(C)C)cc1. The van der Waals surface area contributed by atoms with Crippen molar-refractivity contribution in [1.29, 1.82) is 0 Å². The van der Waals surface area contributed by atoms with Crippen LogP contribution in [-0.2, 0) is 9.53 Å². The summed E-state index contributed by atoms with van der Waals surface area (Å²) in [5, 5.41) is 9.38. The number of anilines is 1. The number of ether oxygens (including phenoxy) is 2. The summed E-state index contributed by atoms with van der Waals surface area (Å²) in [5.74, 6) is 1.30. The van der Waals surface area contributed by atoms with E-state index in [2.05, 4.69) is 0 Å². The Bertz CT molecular complexity index is 955. The van der Waals surface area contributed by atoms with E-state index >= 15 is 0 Å². The van der Waals surface area contributed by atoms with Crippen LogP contribution in [0.15, 0.2) is 60.4 Å². The van der Waals surface area contributed by atoms with Crippen LogP contribution in [-0.4, -0.2) is 45.4 Å². The minimum Gasteiger partial charge on any atom is -0.763 e. The van der Waals surface area contributed by atoms with Crippen molar-refractivity contribution >= 4 is 29.0 Å². The molecule has 0 atom stereocenters. The monoisotopic (exact) mass is 393 g/mol. The molecule has 0 fully saturated rings. The Morgan fingerprint density at radius 1 is 1.14 bits per heavy atom. The van der Waals surface area contributed by atoms with Crippen molar-refractivity contribution in [3.8, 4) is 5.75 Å². The van der Waals surface area contributed by atoms with Crippen LogP contribution in [0, 0.1) is 0 Å². The average Bonchev–Trinajstić information content (AvgIpc) is 2.74. The summed E-state index contributed by atoms with van der Waals surface area (Å²) < 4.78 is 11.6. The van der Waals surface area contributed by atoms with Gasteiger partial charge in [-0.05, 0) is 31.2 Å². The van der Waals surface area contributed by atoms with Crippen molar-refractivity contribution in [3.05, 3.63) is 71.4 Å². The highest BCUT2D eigenvalue weighted by Gasteiger charge is 2.24. The topological polar surface area (TPSA) is 82.0 Å². The van der Waals surface area contributed by atoms with Gasteiger partial charge in [0.05, 0.1) is 19.3 Å². The Kier molecular flexibility index (Phi) is 7.46. The molecule has 29 heavy (non-hydrogen) atoms. The number of esters is 1. The van der Waals surface area contributed by atoms with Crippen molar-refractivity contribution in [2.75, 3.05) is 32.7 Å². The first kappa shape index (κ1) is 21.6. The molecule has 7 nitrogen and oxygen atoms in total. The summed E-state index contributed by atoms with van der Waals surface area (Å²) in [6.07, 6.45) is 4.64. The zero-order valence-corrected chi connectivity index (χ0v) is 16.9. The number of hydrogen-bond donors (Lipinski definition) is 0. The van der Waals surface area contributed by atoms with Gasteiger partial charge in [-0.3, -0.25) is 10.7 Å². The van der Waals surface area contributed by atoms with Gasteiger partial charge in [0.25, 0.3) is 11.5 Å². The number of rotatable bonds is 8. The lowest BCUT2D eigenvalue weighted by atomic mass is 10.1. The first-order valence-corrected chi connectivity index (χ1v) is 8.94. The van der Waals surface area contributed by atoms with E-state index in [1.807, 2.05) is 37.0 Å². The molecule has 0 bridgehead atoms. The Morgan fingerprint density at radius 3 is 2.24 bits per heavy atom. The third-order valence-electron chi connectivity index (χ3n) is 4.09. The lowest BCUT2D eigenvalue weighted by Crippen LogP contribution is -2.36. The van der Waals surface area contributed by atoms with Crippen LogP contribution in [0.1, 0.15) is 17.3 Å². The van der Waals surface area contributed by atoms with Gasteiger partial charge in [-0.15, -0.1) is 0 Å². The summed E-state index contributed by atoms with van der Waals surface area (Å²) >= 11 is 0. The predicted molar refractivity (Wildman–Crippen MR) is 111 cm³/mol. The third kappa shape index (κ3) is 5.40. The zero-order chi connectivity index (χ0) is 21.4. The molecule has 0 aliphatic carbocycles. The third-order valence-corrected chi connectivity index (χ3v) is 4.09. The van der Waals surface area contributed by atoms with Gasteiger partial charge in [-0.2, -0.15) is 4.57 Å². The molecular formula is C22H23N3O4. The molecule has 0 saturated heterocycles. The Hall–Kier alpha value is -3.70. The standard InChI is InChI=1S/C22H23N3O4/c1-5-29-22(27)17(15-23)14-20(25-12-10-18(11-13-25)24(2)3)21(26)16-6-8-19(28-4)9-7-16/h6-14H,5H2,1-4H3/b20-14-. The van der Waals surface area contributed by atoms with Crippen LogP contribution in [0.3, 0.4) is 0 Å². The number of hydrogen-bond acceptors (Lipinski definition) is 5. The second kappa shape index (κ2) is 10.0. The van der Waals surface area contributed by atoms with Crippen LogP contribution < -0.4 is 14.2 Å². The second-order valence-corrected chi connectivity index (χ2v) is 6.19. The van der Waals surface area contributed by atoms with Crippen molar-refractivity contribution in [3.63, 3.8) is 0 Å². The molecule has 0 radical (unpaired) electrons. The van der Waals surface area contributed by atoms with Gasteiger partial charge in [0.2, 0.25) is 0 Å². The number of methoxy groups -OCH3 is 1. The summed E-state index contributed by atoms with van der Waals surface area (Å²) in [7, 11) is 5.35. The zero-order valence-electron chi connectivity index (χ0n) is 16.9. The number of carbonyl (C=O) groups excluding carboxylic acids is 2. The lowest BCUT2D eigenvalue weighted by Gasteiger charge is -2.11. The molecule has 0 N–H and O–H groups in total. The highest BCUT2D eigenvalue weighted by molar-refractivity contribution is 6.23. The predicted octanol–water partition coefficient (Wildman–Crippen LogP) is 2.50. The fourth-order valence-corrected chi connectivity index (χ4v) is 2.51. The number of ketones is 1. The minimum absolute atomic E-state index is 0.129. The first-order chi connectivity index (χ1) is 13.9. The van der Waals surface area contributed by atoms with Crippen molar-refractivity contribution < 1.29 is 23.6 Å². The van der Waals surface area contributed by atoms with Crippen molar-refractivity contribution in [2.24, 2.45) is 0 Å². The highest BCUT2D eigenvalue weighted by atomic mass is 16.5. The normalized spacial score (nSPS) is 10.7. The summed E-state index contributed by atoms with van der Waals surface area (Å²) in [5.41, 5.74) is 1.22. The molecule has 0 amide bonds. The van der Waals surface area contributed by atoms with Crippen molar-refractivity contribution in [1.82, 2.24) is 0 Å². The summed E-state index contributed by atoms with van der Waals surface area (Å²) in [6, 6.07) is 10.2. The summed E-state index contributed by atoms with van der Waals surface area (Å²) in [6.45, 7) is 1.78. The second-order valence-electron chi connectivity index (χ2n) is 6.19. The maximum atomic E-state index is 13.2. The fourth-order valence-electron chi connectivity index (χ4n) is 2.51. The van der Waals surface area contributed by atoms with Gasteiger partial charge in [0.1, 0.15) is 5.75 Å². The van der Waals surface area contributed by atoms with Gasteiger partial charge in [-0.1, -0.05) is 0 Å². The molecule has 1 aromatic heterocycles. The number of carbonyl (C=O) groups is 2. The van der Waals surface area contributed by atoms with E-state index in [1.54, 1.807) is 48.1 Å². The molecule has 0 saturated carbocycles. The number of allylic oxidation sites excluding steroid dienone is 1. The lowest BCUT2D eigenvalue weighted by molar-refractivity contribution is -0.576. The van der Waals surface area contributed by atoms with Crippen LogP contribution in [0.25, 0.3) is 11.1 Å². The quantitative estimate of drug-likeness (QED) is 0.172. The van der Waals surface area contributed by atoms with E-state index in [1.165, 1.54) is 13.2 Å². The molecule has 7 heteroatoms. The van der Waals surface area contributed by atoms with Gasteiger partial charge in [0, 0.05) is 43.6 Å². The van der Waals surface area contributed by atoms with E-state index in [9.17, 15) is 15.0 Å². The van der Waals surface area contributed by atoms with Gasteiger partial charge < -0.3 is 19.8 Å². The Labute approximate surface area is 170 Å². The molecule has 0 spiro atoms. The molecule has 0 unspecified atom stereocenters. The first-order valence-electron chi connectivity index (χ1n) is 8.94. The van der Waals surface area contributed by atoms with Crippen LogP contribution in [0.5, 0.6) is 5.75 Å². The minimum atomic E-state index is -0.777. The Morgan fingerprint density at radius 2 is 1.76 bits per heavy atom. The maximum Gasteiger partial charge on any atom is 0.344 e. The smallest absolute Gasteiger partial charge is 0.344 e.